The van der Waals surface area contributed by atoms with Gasteiger partial charge in [0.2, 0.25) is 15.8 Å². The van der Waals surface area contributed by atoms with Crippen molar-refractivity contribution in [3.8, 4) is 11.4 Å². The van der Waals surface area contributed by atoms with Crippen LogP contribution < -0.4 is 15.2 Å². The van der Waals surface area contributed by atoms with Gasteiger partial charge in [-0.25, -0.2) is 17.2 Å². The molecule has 1 atom stereocenters. The molecule has 38 heavy (non-hydrogen) atoms. The Morgan fingerprint density at radius 3 is 2.29 bits per heavy atom. The number of hydrogen-bond acceptors (Lipinski definition) is 6. The average molecular weight is 543 g/mol. The van der Waals surface area contributed by atoms with Crippen LogP contribution in [0, 0.1) is 11.6 Å². The molecule has 1 aromatic heterocycles. The highest BCUT2D eigenvalue weighted by atomic mass is 32.2. The molecule has 0 N–H and O–H groups in total. The number of piperazine rings is 1. The van der Waals surface area contributed by atoms with Gasteiger partial charge >= 0.3 is 5.56 Å². The summed E-state index contributed by atoms with van der Waals surface area (Å²) in [5.74, 6) is -1.60. The van der Waals surface area contributed by atoms with Crippen molar-refractivity contribution in [1.29, 1.82) is 0 Å². The minimum absolute atomic E-state index is 0.0433. The molecule has 0 bridgehead atoms. The fourth-order valence-corrected chi connectivity index (χ4v) is 7.13. The lowest BCUT2D eigenvalue weighted by molar-refractivity contribution is 0.181. The summed E-state index contributed by atoms with van der Waals surface area (Å²) in [7, 11) is -3.29. The van der Waals surface area contributed by atoms with Gasteiger partial charge in [0.05, 0.1) is 17.1 Å². The minimum atomic E-state index is -3.29. The summed E-state index contributed by atoms with van der Waals surface area (Å²) < 4.78 is 62.1. The lowest BCUT2D eigenvalue weighted by atomic mass is 9.90. The highest BCUT2D eigenvalue weighted by Gasteiger charge is 2.41. The molecular formula is C27H28F2N4O4S. The first kappa shape index (κ1) is 25.0. The van der Waals surface area contributed by atoms with Crippen LogP contribution in [0.15, 0.2) is 53.5 Å². The fraction of sp³-hybridized carbons (Fsp3) is 0.407. The van der Waals surface area contributed by atoms with Crippen molar-refractivity contribution in [3.63, 3.8) is 0 Å². The molecule has 200 valence electrons. The van der Waals surface area contributed by atoms with Crippen molar-refractivity contribution < 1.29 is 21.9 Å². The number of sulfonamides is 1. The third-order valence-electron chi connectivity index (χ3n) is 7.48. The van der Waals surface area contributed by atoms with E-state index in [2.05, 4.69) is 11.2 Å². The van der Waals surface area contributed by atoms with E-state index >= 15 is 0 Å². The highest BCUT2D eigenvalue weighted by molar-refractivity contribution is 7.90. The Kier molecular flexibility index (Phi) is 6.43. The number of aryl methyl sites for hydroxylation is 1. The lowest BCUT2D eigenvalue weighted by Crippen LogP contribution is -2.50. The molecule has 1 aliphatic heterocycles. The molecule has 0 amide bonds. The van der Waals surface area contributed by atoms with E-state index in [9.17, 15) is 22.0 Å². The lowest BCUT2D eigenvalue weighted by Gasteiger charge is -2.36. The number of fused-ring (bicyclic) bond motifs is 1. The van der Waals surface area contributed by atoms with Crippen LogP contribution in [0.2, 0.25) is 0 Å². The molecule has 2 heterocycles. The Morgan fingerprint density at radius 2 is 1.61 bits per heavy atom. The summed E-state index contributed by atoms with van der Waals surface area (Å²) in [6.45, 7) is 1.34. The summed E-state index contributed by atoms with van der Waals surface area (Å²) in [4.78, 5) is 15.6. The van der Waals surface area contributed by atoms with Gasteiger partial charge in [-0.2, -0.15) is 14.1 Å². The summed E-state index contributed by atoms with van der Waals surface area (Å²) in [6, 6.07) is 10.9. The van der Waals surface area contributed by atoms with Gasteiger partial charge in [0, 0.05) is 38.7 Å². The number of rotatable bonds is 6. The molecule has 0 radical (unpaired) electrons. The predicted octanol–water partition coefficient (Wildman–Crippen LogP) is 3.06. The third kappa shape index (κ3) is 4.80. The van der Waals surface area contributed by atoms with Crippen molar-refractivity contribution in [3.05, 3.63) is 81.8 Å². The second-order valence-electron chi connectivity index (χ2n) is 10.1. The Morgan fingerprint density at radius 1 is 0.921 bits per heavy atom. The van der Waals surface area contributed by atoms with E-state index in [0.717, 1.165) is 34.9 Å². The molecule has 6 rings (SSSR count). The largest absolute Gasteiger partial charge is 0.483 e. The van der Waals surface area contributed by atoms with E-state index in [4.69, 9.17) is 4.74 Å². The summed E-state index contributed by atoms with van der Waals surface area (Å²) in [5.41, 5.74) is 2.19. The Labute approximate surface area is 219 Å². The van der Waals surface area contributed by atoms with Gasteiger partial charge < -0.3 is 9.64 Å². The van der Waals surface area contributed by atoms with Crippen molar-refractivity contribution in [2.75, 3.05) is 31.1 Å². The van der Waals surface area contributed by atoms with Crippen molar-refractivity contribution in [1.82, 2.24) is 14.1 Å². The normalized spacial score (nSPS) is 20.3. The Hall–Kier alpha value is -3.31. The summed E-state index contributed by atoms with van der Waals surface area (Å²) in [6.07, 6.45) is 4.73. The van der Waals surface area contributed by atoms with Crippen LogP contribution in [-0.4, -0.2) is 60.0 Å². The van der Waals surface area contributed by atoms with Crippen LogP contribution in [0.4, 0.5) is 14.5 Å². The number of anilines is 1. The zero-order chi connectivity index (χ0) is 26.4. The van der Waals surface area contributed by atoms with E-state index < -0.39 is 27.2 Å². The molecule has 0 spiro atoms. The van der Waals surface area contributed by atoms with Crippen LogP contribution >= 0.6 is 0 Å². The molecule has 1 saturated carbocycles. The van der Waals surface area contributed by atoms with E-state index in [1.54, 1.807) is 0 Å². The zero-order valence-electron chi connectivity index (χ0n) is 20.7. The predicted molar refractivity (Wildman–Crippen MR) is 138 cm³/mol. The van der Waals surface area contributed by atoms with Crippen LogP contribution in [0.3, 0.4) is 0 Å². The molecule has 1 saturated heterocycles. The van der Waals surface area contributed by atoms with Crippen LogP contribution in [0.5, 0.6) is 5.75 Å². The highest BCUT2D eigenvalue weighted by Crippen LogP contribution is 2.33. The maximum absolute atomic E-state index is 13.9. The van der Waals surface area contributed by atoms with E-state index in [0.29, 0.717) is 57.5 Å². The van der Waals surface area contributed by atoms with Gasteiger partial charge in [-0.15, -0.1) is 0 Å². The maximum atomic E-state index is 13.9. The van der Waals surface area contributed by atoms with Crippen LogP contribution in [-0.2, 0) is 22.9 Å². The average Bonchev–Trinajstić information content (AvgIpc) is 3.76. The number of aromatic nitrogens is 2. The van der Waals surface area contributed by atoms with Gasteiger partial charge in [-0.3, -0.25) is 4.79 Å². The first-order valence-corrected chi connectivity index (χ1v) is 14.4. The molecule has 2 fully saturated rings. The Balaban J connectivity index is 1.33. The first-order chi connectivity index (χ1) is 18.3. The van der Waals surface area contributed by atoms with Crippen molar-refractivity contribution in [2.45, 2.75) is 43.5 Å². The second-order valence-corrected chi connectivity index (χ2v) is 12.3. The number of benzene rings is 2. The van der Waals surface area contributed by atoms with Gasteiger partial charge in [0.25, 0.3) is 0 Å². The quantitative estimate of drug-likeness (QED) is 0.476. The molecular weight excluding hydrogens is 514 g/mol. The van der Waals surface area contributed by atoms with Gasteiger partial charge in [-0.05, 0) is 48.9 Å². The van der Waals surface area contributed by atoms with Gasteiger partial charge in [0.1, 0.15) is 23.4 Å². The van der Waals surface area contributed by atoms with Gasteiger partial charge in [-0.1, -0.05) is 24.3 Å². The minimum Gasteiger partial charge on any atom is -0.483 e. The van der Waals surface area contributed by atoms with Crippen LogP contribution in [0.1, 0.15) is 30.4 Å². The monoisotopic (exact) mass is 542 g/mol. The molecule has 2 aliphatic carbocycles. The zero-order valence-corrected chi connectivity index (χ0v) is 21.5. The summed E-state index contributed by atoms with van der Waals surface area (Å²) in [5, 5.41) is 3.94. The molecule has 11 heteroatoms. The van der Waals surface area contributed by atoms with E-state index in [1.807, 2.05) is 23.1 Å². The SMILES string of the molecule is O=c1c(OC2CCc3ccccc3C2)c(N2CCN(S(=O)(=O)C3CC3)CC2)cnn1-c1cc(F)cc(F)c1. The number of ether oxygens (including phenoxy) is 1. The smallest absolute Gasteiger partial charge is 0.316 e. The fourth-order valence-electron chi connectivity index (χ4n) is 5.30. The number of hydrogen-bond donors (Lipinski definition) is 0. The third-order valence-corrected chi connectivity index (χ3v) is 9.88. The van der Waals surface area contributed by atoms with Crippen LogP contribution in [0.25, 0.3) is 5.69 Å². The maximum Gasteiger partial charge on any atom is 0.316 e. The Bertz CT molecular complexity index is 1510. The topological polar surface area (TPSA) is 84.7 Å². The first-order valence-electron chi connectivity index (χ1n) is 12.9. The molecule has 3 aromatic rings. The standard InChI is InChI=1S/C27H28F2N4O4S/c28-20-14-21(29)16-22(15-20)33-27(34)26(37-23-6-5-18-3-1-2-4-19(18)13-23)25(17-30-33)31-9-11-32(12-10-31)38(35,36)24-7-8-24/h1-4,14-17,23-24H,5-13H2. The van der Waals surface area contributed by atoms with Gasteiger partial charge in [0.15, 0.2) is 0 Å². The molecule has 8 nitrogen and oxygen atoms in total. The molecule has 1 unspecified atom stereocenters. The number of nitrogens with zero attached hydrogens (tertiary/aromatic N) is 4. The molecule has 3 aliphatic rings. The van der Waals surface area contributed by atoms with E-state index in [-0.39, 0.29) is 22.8 Å². The van der Waals surface area contributed by atoms with Crippen molar-refractivity contribution in [2.24, 2.45) is 0 Å². The number of halogens is 2. The van der Waals surface area contributed by atoms with E-state index in [1.165, 1.54) is 16.1 Å². The van der Waals surface area contributed by atoms with Crippen molar-refractivity contribution >= 4 is 15.7 Å². The molecule has 2 aromatic carbocycles. The second kappa shape index (κ2) is 9.77. The summed E-state index contributed by atoms with van der Waals surface area (Å²) >= 11 is 0.